The van der Waals surface area contributed by atoms with Gasteiger partial charge in [-0.1, -0.05) is 36.4 Å². The van der Waals surface area contributed by atoms with Crippen LogP contribution in [0.25, 0.3) is 21.7 Å². The van der Waals surface area contributed by atoms with E-state index in [1.807, 2.05) is 48.5 Å². The Morgan fingerprint density at radius 3 is 2.72 bits per heavy atom. The largest absolute Gasteiger partial charge is 0.497 e. The quantitative estimate of drug-likeness (QED) is 0.400. The van der Waals surface area contributed by atoms with E-state index in [0.717, 1.165) is 21.7 Å². The van der Waals surface area contributed by atoms with Crippen LogP contribution in [0.3, 0.4) is 0 Å². The number of furan rings is 1. The topological polar surface area (TPSA) is 48.7 Å². The van der Waals surface area contributed by atoms with Crippen molar-refractivity contribution in [2.45, 2.75) is 6.42 Å². The summed E-state index contributed by atoms with van der Waals surface area (Å²) in [4.78, 5) is 12.4. The molecular weight excluding hydrogens is 316 g/mol. The van der Waals surface area contributed by atoms with Crippen LogP contribution in [0.4, 0.5) is 0 Å². The van der Waals surface area contributed by atoms with Crippen LogP contribution in [-0.4, -0.2) is 13.1 Å². The lowest BCUT2D eigenvalue weighted by atomic mass is 10.1. The number of ether oxygens (including phenoxy) is 2. The average molecular weight is 332 g/mol. The number of methoxy groups -OCH3 is 1. The predicted octanol–water partition coefficient (Wildman–Crippen LogP) is 4.74. The van der Waals surface area contributed by atoms with Crippen molar-refractivity contribution in [2.24, 2.45) is 0 Å². The van der Waals surface area contributed by atoms with Crippen molar-refractivity contribution in [2.75, 3.05) is 7.11 Å². The van der Waals surface area contributed by atoms with E-state index in [2.05, 4.69) is 0 Å². The molecule has 1 aromatic heterocycles. The molecule has 0 unspecified atom stereocenters. The summed E-state index contributed by atoms with van der Waals surface area (Å²) in [6, 6.07) is 19.0. The maximum absolute atomic E-state index is 12.4. The molecule has 0 radical (unpaired) electrons. The lowest BCUT2D eigenvalue weighted by molar-refractivity contribution is -0.133. The van der Waals surface area contributed by atoms with E-state index in [4.69, 9.17) is 13.9 Å². The molecular formula is C21H16O4. The molecule has 25 heavy (non-hydrogen) atoms. The Morgan fingerprint density at radius 1 is 1.00 bits per heavy atom. The molecule has 4 aromatic rings. The van der Waals surface area contributed by atoms with Gasteiger partial charge in [-0.3, -0.25) is 4.79 Å². The summed E-state index contributed by atoms with van der Waals surface area (Å²) in [5.74, 6) is 0.958. The molecule has 0 aliphatic heterocycles. The highest BCUT2D eigenvalue weighted by atomic mass is 16.5. The van der Waals surface area contributed by atoms with Crippen LogP contribution in [0.1, 0.15) is 5.56 Å². The monoisotopic (exact) mass is 332 g/mol. The number of carbonyl (C=O) groups is 1. The summed E-state index contributed by atoms with van der Waals surface area (Å²) in [6.45, 7) is 0. The molecule has 0 bridgehead atoms. The predicted molar refractivity (Wildman–Crippen MR) is 96.1 cm³/mol. The third kappa shape index (κ3) is 2.94. The number of carbonyl (C=O) groups excluding carboxylic acids is 1. The molecule has 0 fully saturated rings. The van der Waals surface area contributed by atoms with Crippen LogP contribution in [-0.2, 0) is 11.2 Å². The lowest BCUT2D eigenvalue weighted by Gasteiger charge is -2.07. The van der Waals surface area contributed by atoms with Gasteiger partial charge in [-0.2, -0.15) is 0 Å². The molecule has 124 valence electrons. The maximum atomic E-state index is 12.4. The zero-order chi connectivity index (χ0) is 17.2. The zero-order valence-electron chi connectivity index (χ0n) is 13.7. The van der Waals surface area contributed by atoms with E-state index in [1.54, 1.807) is 25.5 Å². The van der Waals surface area contributed by atoms with Gasteiger partial charge in [-0.25, -0.2) is 0 Å². The molecule has 0 atom stereocenters. The summed E-state index contributed by atoms with van der Waals surface area (Å²) in [6.07, 6.45) is 1.73. The van der Waals surface area contributed by atoms with Crippen LogP contribution >= 0.6 is 0 Å². The molecule has 0 aliphatic carbocycles. The summed E-state index contributed by atoms with van der Waals surface area (Å²) in [5, 5.41) is 2.84. The van der Waals surface area contributed by atoms with Crippen molar-refractivity contribution in [3.05, 3.63) is 72.5 Å². The fourth-order valence-corrected chi connectivity index (χ4v) is 2.93. The first-order chi connectivity index (χ1) is 12.2. The lowest BCUT2D eigenvalue weighted by Crippen LogP contribution is -2.11. The Bertz CT molecular complexity index is 1060. The van der Waals surface area contributed by atoms with Gasteiger partial charge < -0.3 is 13.9 Å². The van der Waals surface area contributed by atoms with E-state index in [9.17, 15) is 4.79 Å². The third-order valence-corrected chi connectivity index (χ3v) is 4.17. The highest BCUT2D eigenvalue weighted by molar-refractivity contribution is 5.92. The number of benzene rings is 3. The van der Waals surface area contributed by atoms with Gasteiger partial charge in [-0.05, 0) is 23.6 Å². The molecule has 4 rings (SSSR count). The number of esters is 1. The first-order valence-corrected chi connectivity index (χ1v) is 7.97. The summed E-state index contributed by atoms with van der Waals surface area (Å²) in [5.41, 5.74) is 1.48. The Hall–Kier alpha value is -3.27. The molecule has 3 aromatic carbocycles. The normalized spacial score (nSPS) is 10.9. The molecule has 0 N–H and O–H groups in total. The zero-order valence-corrected chi connectivity index (χ0v) is 13.7. The van der Waals surface area contributed by atoms with Crippen molar-refractivity contribution in [1.29, 1.82) is 0 Å². The Balaban J connectivity index is 1.58. The number of fused-ring (bicyclic) bond motifs is 2. The molecule has 0 aliphatic rings. The standard InChI is InChI=1S/C21H16O4/c1-23-16-9-10-18-15(13-24-20(18)12-16)11-21(22)25-19-8-4-6-14-5-2-3-7-17(14)19/h2-10,12-13H,11H2,1H3. The molecule has 0 saturated carbocycles. The smallest absolute Gasteiger partial charge is 0.315 e. The van der Waals surface area contributed by atoms with Gasteiger partial charge in [0, 0.05) is 22.4 Å². The van der Waals surface area contributed by atoms with Crippen LogP contribution in [0.2, 0.25) is 0 Å². The van der Waals surface area contributed by atoms with Gasteiger partial charge in [0.1, 0.15) is 17.1 Å². The van der Waals surface area contributed by atoms with Crippen molar-refractivity contribution in [3.63, 3.8) is 0 Å². The van der Waals surface area contributed by atoms with E-state index >= 15 is 0 Å². The fraction of sp³-hybridized carbons (Fsp3) is 0.0952. The van der Waals surface area contributed by atoms with Crippen molar-refractivity contribution in [3.8, 4) is 11.5 Å². The Labute approximate surface area is 144 Å². The summed E-state index contributed by atoms with van der Waals surface area (Å²) in [7, 11) is 1.60. The van der Waals surface area contributed by atoms with E-state index in [0.29, 0.717) is 17.1 Å². The van der Waals surface area contributed by atoms with Gasteiger partial charge in [0.2, 0.25) is 0 Å². The molecule has 4 heteroatoms. The van der Waals surface area contributed by atoms with Crippen LogP contribution < -0.4 is 9.47 Å². The summed E-state index contributed by atoms with van der Waals surface area (Å²) >= 11 is 0. The number of rotatable bonds is 4. The fourth-order valence-electron chi connectivity index (χ4n) is 2.93. The molecule has 0 saturated heterocycles. The van der Waals surface area contributed by atoms with Crippen LogP contribution in [0.5, 0.6) is 11.5 Å². The van der Waals surface area contributed by atoms with Crippen molar-refractivity contribution < 1.29 is 18.7 Å². The minimum Gasteiger partial charge on any atom is -0.497 e. The third-order valence-electron chi connectivity index (χ3n) is 4.17. The average Bonchev–Trinajstić information content (AvgIpc) is 3.04. The first kappa shape index (κ1) is 15.3. The van der Waals surface area contributed by atoms with Gasteiger partial charge >= 0.3 is 5.97 Å². The second-order valence-electron chi connectivity index (χ2n) is 5.75. The van der Waals surface area contributed by atoms with Crippen molar-refractivity contribution in [1.82, 2.24) is 0 Å². The maximum Gasteiger partial charge on any atom is 0.315 e. The SMILES string of the molecule is COc1ccc2c(CC(=O)Oc3cccc4ccccc34)coc2c1. The summed E-state index contributed by atoms with van der Waals surface area (Å²) < 4.78 is 16.3. The van der Waals surface area contributed by atoms with Crippen molar-refractivity contribution >= 4 is 27.7 Å². The Morgan fingerprint density at radius 2 is 1.84 bits per heavy atom. The van der Waals surface area contributed by atoms with Gasteiger partial charge in [0.15, 0.2) is 0 Å². The molecule has 0 spiro atoms. The van der Waals surface area contributed by atoms with Crippen LogP contribution in [0, 0.1) is 0 Å². The van der Waals surface area contributed by atoms with E-state index < -0.39 is 0 Å². The first-order valence-electron chi connectivity index (χ1n) is 7.97. The second-order valence-corrected chi connectivity index (χ2v) is 5.75. The molecule has 4 nitrogen and oxygen atoms in total. The van der Waals surface area contributed by atoms with E-state index in [1.165, 1.54) is 0 Å². The number of hydrogen-bond acceptors (Lipinski definition) is 4. The minimum absolute atomic E-state index is 0.141. The number of hydrogen-bond donors (Lipinski definition) is 0. The Kier molecular flexibility index (Phi) is 3.86. The van der Waals surface area contributed by atoms with Crippen LogP contribution in [0.15, 0.2) is 71.3 Å². The highest BCUT2D eigenvalue weighted by Crippen LogP contribution is 2.28. The molecule has 1 heterocycles. The van der Waals surface area contributed by atoms with Gasteiger partial charge in [0.05, 0.1) is 19.8 Å². The van der Waals surface area contributed by atoms with Gasteiger partial charge in [0.25, 0.3) is 0 Å². The van der Waals surface area contributed by atoms with E-state index in [-0.39, 0.29) is 12.4 Å². The molecule has 0 amide bonds. The second kappa shape index (κ2) is 6.32. The minimum atomic E-state index is -0.324. The highest BCUT2D eigenvalue weighted by Gasteiger charge is 2.14. The van der Waals surface area contributed by atoms with Gasteiger partial charge in [-0.15, -0.1) is 0 Å².